The molecule has 1 aromatic heterocycles. The number of aromatic nitrogens is 1. The van der Waals surface area contributed by atoms with Gasteiger partial charge in [-0.2, -0.15) is 0 Å². The second kappa shape index (κ2) is 5.12. The van der Waals surface area contributed by atoms with Crippen LogP contribution in [0.4, 0.5) is 0 Å². The average molecular weight is 279 g/mol. The maximum atomic E-state index is 12.1. The number of hydrogen-bond acceptors (Lipinski definition) is 4. The lowest BCUT2D eigenvalue weighted by atomic mass is 10.2. The largest absolute Gasteiger partial charge is 0.255 e. The van der Waals surface area contributed by atoms with Crippen LogP contribution < -0.4 is 0 Å². The number of sulfone groups is 1. The zero-order chi connectivity index (χ0) is 13.2. The summed E-state index contributed by atoms with van der Waals surface area (Å²) >= 11 is 1.42. The second-order valence-electron chi connectivity index (χ2n) is 3.74. The van der Waals surface area contributed by atoms with Gasteiger partial charge in [0.2, 0.25) is 0 Å². The zero-order valence-corrected chi connectivity index (χ0v) is 11.6. The maximum absolute atomic E-state index is 12.1. The van der Waals surface area contributed by atoms with E-state index in [9.17, 15) is 8.42 Å². The van der Waals surface area contributed by atoms with E-state index in [1.807, 2.05) is 30.5 Å². The molecule has 0 saturated heterocycles. The molecule has 0 bridgehead atoms. The van der Waals surface area contributed by atoms with Gasteiger partial charge in [-0.25, -0.2) is 8.42 Å². The van der Waals surface area contributed by atoms with E-state index in [0.29, 0.717) is 0 Å². The lowest BCUT2D eigenvalue weighted by Crippen LogP contribution is -2.07. The van der Waals surface area contributed by atoms with Gasteiger partial charge in [0.1, 0.15) is 0 Å². The number of pyridine rings is 1. The van der Waals surface area contributed by atoms with Crippen LogP contribution in [-0.4, -0.2) is 25.4 Å². The Labute approximate surface area is 111 Å². The van der Waals surface area contributed by atoms with Crippen LogP contribution in [0.2, 0.25) is 0 Å². The van der Waals surface area contributed by atoms with Crippen LogP contribution in [0.15, 0.2) is 52.9 Å². The first-order valence-electron chi connectivity index (χ1n) is 5.35. The third kappa shape index (κ3) is 2.28. The van der Waals surface area contributed by atoms with E-state index in [2.05, 4.69) is 11.6 Å². The Balaban J connectivity index is 2.77. The van der Waals surface area contributed by atoms with Crippen LogP contribution in [0.5, 0.6) is 0 Å². The van der Waals surface area contributed by atoms with Crippen LogP contribution in [-0.2, 0) is 9.84 Å². The summed E-state index contributed by atoms with van der Waals surface area (Å²) in [6.45, 7) is 3.48. The minimum Gasteiger partial charge on any atom is -0.255 e. The van der Waals surface area contributed by atoms with Crippen molar-refractivity contribution in [3.8, 4) is 0 Å². The predicted molar refractivity (Wildman–Crippen MR) is 75.8 cm³/mol. The number of benzene rings is 1. The lowest BCUT2D eigenvalue weighted by molar-refractivity contribution is 0.597. The third-order valence-corrected chi connectivity index (χ3v) is 5.20. The normalized spacial score (nSPS) is 11.6. The molecule has 94 valence electrons. The fraction of sp³-hybridized carbons (Fsp3) is 0.154. The molecule has 0 fully saturated rings. The van der Waals surface area contributed by atoms with Crippen molar-refractivity contribution < 1.29 is 8.42 Å². The molecule has 3 nitrogen and oxygen atoms in total. The molecule has 0 radical (unpaired) electrons. The molecule has 0 aliphatic carbocycles. The monoisotopic (exact) mass is 279 g/mol. The van der Waals surface area contributed by atoms with Crippen LogP contribution >= 0.6 is 11.8 Å². The highest BCUT2D eigenvalue weighted by molar-refractivity contribution is 8.00. The molecular formula is C13H13NO2S2. The molecule has 0 N–H and O–H groups in total. The van der Waals surface area contributed by atoms with Crippen molar-refractivity contribution in [1.82, 2.24) is 4.98 Å². The predicted octanol–water partition coefficient (Wildman–Crippen LogP) is 2.92. The minimum absolute atomic E-state index is 0.0689. The van der Waals surface area contributed by atoms with Crippen LogP contribution in [0.3, 0.4) is 0 Å². The standard InChI is InChI=1S/C13H13NO2S2/c1-3-8-18(15,16)12-9-14-11-7-5-4-6-10(11)13(12)17-2/h3-7,9H,1,8H2,2H3. The topological polar surface area (TPSA) is 47.0 Å². The lowest BCUT2D eigenvalue weighted by Gasteiger charge is -2.09. The molecule has 0 unspecified atom stereocenters. The highest BCUT2D eigenvalue weighted by atomic mass is 32.2. The number of rotatable bonds is 4. The molecule has 0 aliphatic heterocycles. The SMILES string of the molecule is C=CCS(=O)(=O)c1cnc2ccccc2c1SC. The summed E-state index contributed by atoms with van der Waals surface area (Å²) in [5, 5.41) is 0.870. The van der Waals surface area contributed by atoms with Gasteiger partial charge < -0.3 is 0 Å². The van der Waals surface area contributed by atoms with Gasteiger partial charge in [0.25, 0.3) is 0 Å². The summed E-state index contributed by atoms with van der Waals surface area (Å²) in [4.78, 5) is 5.25. The van der Waals surface area contributed by atoms with E-state index in [-0.39, 0.29) is 10.6 Å². The van der Waals surface area contributed by atoms with Crippen molar-refractivity contribution in [2.75, 3.05) is 12.0 Å². The summed E-state index contributed by atoms with van der Waals surface area (Å²) < 4.78 is 24.3. The molecule has 0 amide bonds. The Kier molecular flexibility index (Phi) is 3.73. The van der Waals surface area contributed by atoms with Crippen LogP contribution in [0.25, 0.3) is 10.9 Å². The van der Waals surface area contributed by atoms with Crippen molar-refractivity contribution >= 4 is 32.5 Å². The van der Waals surface area contributed by atoms with Gasteiger partial charge in [-0.3, -0.25) is 4.98 Å². The van der Waals surface area contributed by atoms with Gasteiger partial charge in [-0.05, 0) is 12.3 Å². The van der Waals surface area contributed by atoms with E-state index in [1.54, 1.807) is 0 Å². The van der Waals surface area contributed by atoms with Gasteiger partial charge in [-0.1, -0.05) is 24.3 Å². The van der Waals surface area contributed by atoms with Crippen molar-refractivity contribution in [2.45, 2.75) is 9.79 Å². The second-order valence-corrected chi connectivity index (χ2v) is 6.56. The Bertz CT molecular complexity index is 693. The summed E-state index contributed by atoms with van der Waals surface area (Å²) in [6.07, 6.45) is 4.70. The number of fused-ring (bicyclic) bond motifs is 1. The van der Waals surface area contributed by atoms with Gasteiger partial charge in [0.05, 0.1) is 16.2 Å². The Morgan fingerprint density at radius 2 is 2.11 bits per heavy atom. The molecule has 1 heterocycles. The van der Waals surface area contributed by atoms with Crippen LogP contribution in [0.1, 0.15) is 0 Å². The quantitative estimate of drug-likeness (QED) is 0.638. The first kappa shape index (κ1) is 13.1. The average Bonchev–Trinajstić information content (AvgIpc) is 2.37. The molecule has 0 aliphatic rings. The summed E-state index contributed by atoms with van der Waals surface area (Å²) in [5.41, 5.74) is 0.805. The Hall–Kier alpha value is -1.33. The summed E-state index contributed by atoms with van der Waals surface area (Å²) in [6, 6.07) is 7.53. The number of para-hydroxylation sites is 1. The number of hydrogen-bond donors (Lipinski definition) is 0. The highest BCUT2D eigenvalue weighted by Crippen LogP contribution is 2.31. The van der Waals surface area contributed by atoms with Gasteiger partial charge in [-0.15, -0.1) is 18.3 Å². The minimum atomic E-state index is -3.35. The molecule has 0 atom stereocenters. The van der Waals surface area contributed by atoms with Gasteiger partial charge in [0, 0.05) is 16.5 Å². The molecule has 5 heteroatoms. The number of thioether (sulfide) groups is 1. The number of nitrogens with zero attached hydrogens (tertiary/aromatic N) is 1. The van der Waals surface area contributed by atoms with Crippen molar-refractivity contribution in [3.05, 3.63) is 43.1 Å². The van der Waals surface area contributed by atoms with E-state index < -0.39 is 9.84 Å². The van der Waals surface area contributed by atoms with E-state index in [4.69, 9.17) is 0 Å². The van der Waals surface area contributed by atoms with E-state index in [1.165, 1.54) is 24.0 Å². The first-order chi connectivity index (χ1) is 8.60. The van der Waals surface area contributed by atoms with Crippen LogP contribution in [0, 0.1) is 0 Å². The first-order valence-corrected chi connectivity index (χ1v) is 8.23. The Morgan fingerprint density at radius 1 is 1.39 bits per heavy atom. The molecule has 2 aromatic rings. The maximum Gasteiger partial charge on any atom is 0.184 e. The Morgan fingerprint density at radius 3 is 2.78 bits per heavy atom. The highest BCUT2D eigenvalue weighted by Gasteiger charge is 2.19. The smallest absolute Gasteiger partial charge is 0.184 e. The van der Waals surface area contributed by atoms with E-state index in [0.717, 1.165) is 15.8 Å². The van der Waals surface area contributed by atoms with E-state index >= 15 is 0 Å². The molecule has 0 spiro atoms. The molecule has 0 saturated carbocycles. The van der Waals surface area contributed by atoms with Gasteiger partial charge >= 0.3 is 0 Å². The molecular weight excluding hydrogens is 266 g/mol. The molecule has 18 heavy (non-hydrogen) atoms. The van der Waals surface area contributed by atoms with Crippen molar-refractivity contribution in [1.29, 1.82) is 0 Å². The van der Waals surface area contributed by atoms with Gasteiger partial charge in [0.15, 0.2) is 9.84 Å². The third-order valence-electron chi connectivity index (χ3n) is 2.57. The molecule has 2 rings (SSSR count). The summed E-state index contributed by atoms with van der Waals surface area (Å²) in [5.74, 6) is -0.0689. The fourth-order valence-electron chi connectivity index (χ4n) is 1.77. The van der Waals surface area contributed by atoms with Crippen molar-refractivity contribution in [3.63, 3.8) is 0 Å². The zero-order valence-electron chi connectivity index (χ0n) is 9.96. The fourth-order valence-corrected chi connectivity index (χ4v) is 4.15. The van der Waals surface area contributed by atoms with Crippen molar-refractivity contribution in [2.24, 2.45) is 0 Å². The summed E-state index contributed by atoms with van der Waals surface area (Å²) in [7, 11) is -3.35. The molecule has 1 aromatic carbocycles.